The third kappa shape index (κ3) is 5.44. The van der Waals surface area contributed by atoms with Gasteiger partial charge in [-0.25, -0.2) is 0 Å². The highest BCUT2D eigenvalue weighted by Gasteiger charge is 2.17. The van der Waals surface area contributed by atoms with Gasteiger partial charge in [-0.05, 0) is 25.0 Å². The standard InChI is InChI=1S/C21H23N5O3S/c1-14(2)12-25-20(16-7-4-6-15(3)10-16)23-24-21(25)30-13-19(27)22-17-8-5-9-18(11-17)26(28)29/h4-11,14H,12-13H2,1-3H3,(H,22,27). The molecule has 0 fully saturated rings. The molecule has 0 aliphatic rings. The Kier molecular flexibility index (Phi) is 6.83. The molecule has 0 atom stereocenters. The molecule has 1 heterocycles. The zero-order valence-corrected chi connectivity index (χ0v) is 17.8. The topological polar surface area (TPSA) is 103 Å². The van der Waals surface area contributed by atoms with Crippen molar-refractivity contribution in [2.45, 2.75) is 32.5 Å². The molecule has 1 amide bonds. The van der Waals surface area contributed by atoms with E-state index in [4.69, 9.17) is 0 Å². The first-order chi connectivity index (χ1) is 14.3. The number of nitro groups is 1. The van der Waals surface area contributed by atoms with E-state index in [9.17, 15) is 14.9 Å². The van der Waals surface area contributed by atoms with Gasteiger partial charge in [0.05, 0.1) is 10.7 Å². The molecule has 3 aromatic rings. The predicted molar refractivity (Wildman–Crippen MR) is 117 cm³/mol. The Bertz CT molecular complexity index is 1060. The fraction of sp³-hybridized carbons (Fsp3) is 0.286. The number of aryl methyl sites for hydroxylation is 1. The predicted octanol–water partition coefficient (Wildman–Crippen LogP) is 4.55. The summed E-state index contributed by atoms with van der Waals surface area (Å²) in [5.74, 6) is 1.00. The van der Waals surface area contributed by atoms with Crippen LogP contribution >= 0.6 is 11.8 Å². The summed E-state index contributed by atoms with van der Waals surface area (Å²) in [6.07, 6.45) is 0. The number of anilines is 1. The molecule has 0 saturated heterocycles. The number of nitrogens with zero attached hydrogens (tertiary/aromatic N) is 4. The summed E-state index contributed by atoms with van der Waals surface area (Å²) in [6, 6.07) is 13.9. The second-order valence-corrected chi connectivity index (χ2v) is 8.27. The number of nitrogens with one attached hydrogen (secondary N) is 1. The first-order valence-corrected chi connectivity index (χ1v) is 10.5. The number of hydrogen-bond donors (Lipinski definition) is 1. The summed E-state index contributed by atoms with van der Waals surface area (Å²) in [7, 11) is 0. The molecule has 0 bridgehead atoms. The van der Waals surface area contributed by atoms with E-state index in [1.54, 1.807) is 6.07 Å². The van der Waals surface area contributed by atoms with E-state index in [2.05, 4.69) is 35.4 Å². The average Bonchev–Trinajstić information content (AvgIpc) is 3.08. The number of carbonyl (C=O) groups excluding carboxylic acids is 1. The van der Waals surface area contributed by atoms with Crippen molar-refractivity contribution >= 4 is 29.0 Å². The van der Waals surface area contributed by atoms with Gasteiger partial charge in [-0.3, -0.25) is 14.9 Å². The Morgan fingerprint density at radius 1 is 1.20 bits per heavy atom. The summed E-state index contributed by atoms with van der Waals surface area (Å²) in [6.45, 7) is 6.98. The molecule has 1 aromatic heterocycles. The number of rotatable bonds is 8. The second-order valence-electron chi connectivity index (χ2n) is 7.32. The fourth-order valence-corrected chi connectivity index (χ4v) is 3.70. The van der Waals surface area contributed by atoms with Gasteiger partial charge in [-0.1, -0.05) is 55.4 Å². The maximum atomic E-state index is 12.4. The van der Waals surface area contributed by atoms with E-state index < -0.39 is 4.92 Å². The average molecular weight is 426 g/mol. The number of hydrogen-bond acceptors (Lipinski definition) is 6. The van der Waals surface area contributed by atoms with Crippen LogP contribution in [0.4, 0.5) is 11.4 Å². The van der Waals surface area contributed by atoms with Crippen LogP contribution in [0.25, 0.3) is 11.4 Å². The van der Waals surface area contributed by atoms with Gasteiger partial charge in [0.1, 0.15) is 0 Å². The lowest BCUT2D eigenvalue weighted by atomic mass is 10.1. The number of non-ortho nitro benzene ring substituents is 1. The van der Waals surface area contributed by atoms with Gasteiger partial charge in [0.2, 0.25) is 5.91 Å². The molecule has 0 unspecified atom stereocenters. The summed E-state index contributed by atoms with van der Waals surface area (Å²) >= 11 is 1.29. The van der Waals surface area contributed by atoms with Crippen molar-refractivity contribution < 1.29 is 9.72 Å². The number of aromatic nitrogens is 3. The minimum absolute atomic E-state index is 0.0695. The molecular formula is C21H23N5O3S. The Labute approximate surface area is 178 Å². The van der Waals surface area contributed by atoms with Gasteiger partial charge in [0.15, 0.2) is 11.0 Å². The fourth-order valence-electron chi connectivity index (χ4n) is 2.95. The molecule has 0 radical (unpaired) electrons. The van der Waals surface area contributed by atoms with E-state index >= 15 is 0 Å². The van der Waals surface area contributed by atoms with Crippen LogP contribution in [0.5, 0.6) is 0 Å². The van der Waals surface area contributed by atoms with Crippen molar-refractivity contribution in [2.75, 3.05) is 11.1 Å². The largest absolute Gasteiger partial charge is 0.325 e. The van der Waals surface area contributed by atoms with Crippen molar-refractivity contribution in [1.82, 2.24) is 14.8 Å². The lowest BCUT2D eigenvalue weighted by Gasteiger charge is -2.13. The van der Waals surface area contributed by atoms with Crippen LogP contribution in [0.1, 0.15) is 19.4 Å². The third-order valence-electron chi connectivity index (χ3n) is 4.21. The Morgan fingerprint density at radius 3 is 2.67 bits per heavy atom. The van der Waals surface area contributed by atoms with Crippen LogP contribution in [0.2, 0.25) is 0 Å². The quantitative estimate of drug-likeness (QED) is 0.323. The monoisotopic (exact) mass is 425 g/mol. The summed E-state index contributed by atoms with van der Waals surface area (Å²) in [5, 5.41) is 22.9. The summed E-state index contributed by atoms with van der Waals surface area (Å²) < 4.78 is 2.03. The zero-order valence-electron chi connectivity index (χ0n) is 17.0. The van der Waals surface area contributed by atoms with Gasteiger partial charge >= 0.3 is 0 Å². The third-order valence-corrected chi connectivity index (χ3v) is 5.18. The summed E-state index contributed by atoms with van der Waals surface area (Å²) in [4.78, 5) is 22.8. The normalized spacial score (nSPS) is 10.9. The summed E-state index contributed by atoms with van der Waals surface area (Å²) in [5.41, 5.74) is 2.44. The van der Waals surface area contributed by atoms with Gasteiger partial charge in [0.25, 0.3) is 5.69 Å². The molecule has 0 aliphatic heterocycles. The Hall–Kier alpha value is -3.20. The molecular weight excluding hydrogens is 402 g/mol. The highest BCUT2D eigenvalue weighted by Crippen LogP contribution is 2.26. The SMILES string of the molecule is Cc1cccc(-c2nnc(SCC(=O)Nc3cccc([N+](=O)[O-])c3)n2CC(C)C)c1. The minimum atomic E-state index is -0.494. The van der Waals surface area contributed by atoms with Gasteiger partial charge in [0, 0.05) is 29.9 Å². The molecule has 1 N–H and O–H groups in total. The minimum Gasteiger partial charge on any atom is -0.325 e. The van der Waals surface area contributed by atoms with Crippen LogP contribution in [0.3, 0.4) is 0 Å². The van der Waals surface area contributed by atoms with Crippen LogP contribution in [0, 0.1) is 23.0 Å². The molecule has 2 aromatic carbocycles. The molecule has 156 valence electrons. The van der Waals surface area contributed by atoms with E-state index in [1.807, 2.05) is 29.7 Å². The zero-order chi connectivity index (χ0) is 21.7. The van der Waals surface area contributed by atoms with Gasteiger partial charge in [-0.15, -0.1) is 10.2 Å². The maximum absolute atomic E-state index is 12.4. The van der Waals surface area contributed by atoms with Crippen molar-refractivity contribution in [3.05, 3.63) is 64.2 Å². The van der Waals surface area contributed by atoms with Crippen LogP contribution in [-0.4, -0.2) is 31.3 Å². The van der Waals surface area contributed by atoms with E-state index in [0.717, 1.165) is 23.5 Å². The molecule has 0 spiro atoms. The van der Waals surface area contributed by atoms with Crippen molar-refractivity contribution in [3.8, 4) is 11.4 Å². The first-order valence-electron chi connectivity index (χ1n) is 9.51. The van der Waals surface area contributed by atoms with Gasteiger partial charge < -0.3 is 9.88 Å². The Balaban J connectivity index is 1.74. The second kappa shape index (κ2) is 9.53. The molecule has 8 nitrogen and oxygen atoms in total. The molecule has 0 aliphatic carbocycles. The van der Waals surface area contributed by atoms with Crippen LogP contribution in [-0.2, 0) is 11.3 Å². The smallest absolute Gasteiger partial charge is 0.271 e. The number of carbonyl (C=O) groups is 1. The lowest BCUT2D eigenvalue weighted by molar-refractivity contribution is -0.384. The first kappa shape index (κ1) is 21.5. The molecule has 0 saturated carbocycles. The maximum Gasteiger partial charge on any atom is 0.271 e. The highest BCUT2D eigenvalue weighted by molar-refractivity contribution is 7.99. The molecule has 3 rings (SSSR count). The lowest BCUT2D eigenvalue weighted by Crippen LogP contribution is -2.15. The number of benzene rings is 2. The molecule has 9 heteroatoms. The van der Waals surface area contributed by atoms with E-state index in [1.165, 1.54) is 30.0 Å². The molecule has 30 heavy (non-hydrogen) atoms. The Morgan fingerprint density at radius 2 is 1.97 bits per heavy atom. The van der Waals surface area contributed by atoms with E-state index in [-0.39, 0.29) is 17.3 Å². The van der Waals surface area contributed by atoms with Crippen molar-refractivity contribution in [3.63, 3.8) is 0 Å². The number of amides is 1. The van der Waals surface area contributed by atoms with E-state index in [0.29, 0.717) is 16.8 Å². The van der Waals surface area contributed by atoms with Crippen LogP contribution in [0.15, 0.2) is 53.7 Å². The number of thioether (sulfide) groups is 1. The van der Waals surface area contributed by atoms with Crippen molar-refractivity contribution in [2.24, 2.45) is 5.92 Å². The number of nitro benzene ring substituents is 1. The van der Waals surface area contributed by atoms with Gasteiger partial charge in [-0.2, -0.15) is 0 Å². The highest BCUT2D eigenvalue weighted by atomic mass is 32.2. The van der Waals surface area contributed by atoms with Crippen molar-refractivity contribution in [1.29, 1.82) is 0 Å². The van der Waals surface area contributed by atoms with Crippen LogP contribution < -0.4 is 5.32 Å².